The first kappa shape index (κ1) is 13.2. The Morgan fingerprint density at radius 1 is 1.00 bits per heavy atom. The SMILES string of the molecule is O=C1OCCN1CCN1CCN(C2CCCC2)CC1. The van der Waals surface area contributed by atoms with Gasteiger partial charge in [-0.1, -0.05) is 12.8 Å². The number of carbonyl (C=O) groups is 1. The summed E-state index contributed by atoms with van der Waals surface area (Å²) in [5.41, 5.74) is 0. The van der Waals surface area contributed by atoms with Gasteiger partial charge in [-0.2, -0.15) is 0 Å². The molecular weight excluding hydrogens is 242 g/mol. The molecule has 3 aliphatic rings. The van der Waals surface area contributed by atoms with E-state index >= 15 is 0 Å². The van der Waals surface area contributed by atoms with E-state index in [0.717, 1.165) is 38.8 Å². The molecule has 2 heterocycles. The van der Waals surface area contributed by atoms with Crippen LogP contribution in [0.25, 0.3) is 0 Å². The minimum absolute atomic E-state index is 0.135. The van der Waals surface area contributed by atoms with Crippen LogP contribution in [0, 0.1) is 0 Å². The van der Waals surface area contributed by atoms with Crippen LogP contribution in [0.3, 0.4) is 0 Å². The summed E-state index contributed by atoms with van der Waals surface area (Å²) >= 11 is 0. The van der Waals surface area contributed by atoms with Crippen LogP contribution in [0.5, 0.6) is 0 Å². The third kappa shape index (κ3) is 3.20. The van der Waals surface area contributed by atoms with Crippen molar-refractivity contribution in [2.45, 2.75) is 31.7 Å². The highest BCUT2D eigenvalue weighted by Gasteiger charge is 2.27. The van der Waals surface area contributed by atoms with Crippen LogP contribution in [0.1, 0.15) is 25.7 Å². The molecule has 5 heteroatoms. The van der Waals surface area contributed by atoms with E-state index in [0.29, 0.717) is 6.61 Å². The third-order valence-corrected chi connectivity index (χ3v) is 4.78. The molecule has 0 N–H and O–H groups in total. The van der Waals surface area contributed by atoms with E-state index in [9.17, 15) is 4.79 Å². The lowest BCUT2D eigenvalue weighted by Gasteiger charge is -2.38. The van der Waals surface area contributed by atoms with Crippen LogP contribution in [0.15, 0.2) is 0 Å². The average Bonchev–Trinajstić information content (AvgIpc) is 3.09. The highest BCUT2D eigenvalue weighted by Crippen LogP contribution is 2.24. The van der Waals surface area contributed by atoms with Gasteiger partial charge in [-0.3, -0.25) is 9.80 Å². The molecule has 0 spiro atoms. The standard InChI is InChI=1S/C14H25N3O2/c18-14-17(11-12-19-14)10-7-15-5-8-16(9-6-15)13-3-1-2-4-13/h13H,1-12H2. The molecule has 0 atom stereocenters. The van der Waals surface area contributed by atoms with Crippen molar-refractivity contribution in [1.82, 2.24) is 14.7 Å². The topological polar surface area (TPSA) is 36.0 Å². The van der Waals surface area contributed by atoms with E-state index < -0.39 is 0 Å². The van der Waals surface area contributed by atoms with Crippen LogP contribution in [-0.2, 0) is 4.74 Å². The monoisotopic (exact) mass is 267 g/mol. The normalized spacial score (nSPS) is 27.2. The zero-order chi connectivity index (χ0) is 13.1. The molecule has 3 fully saturated rings. The molecule has 1 saturated carbocycles. The quantitative estimate of drug-likeness (QED) is 0.761. The lowest BCUT2D eigenvalue weighted by molar-refractivity contribution is 0.0921. The third-order valence-electron chi connectivity index (χ3n) is 4.78. The Hall–Kier alpha value is -0.810. The first-order valence-electron chi connectivity index (χ1n) is 7.71. The summed E-state index contributed by atoms with van der Waals surface area (Å²) < 4.78 is 4.95. The van der Waals surface area contributed by atoms with Gasteiger partial charge in [0.25, 0.3) is 0 Å². The molecule has 0 aromatic rings. The molecule has 0 unspecified atom stereocenters. The van der Waals surface area contributed by atoms with E-state index in [2.05, 4.69) is 9.80 Å². The number of piperazine rings is 1. The molecule has 19 heavy (non-hydrogen) atoms. The fourth-order valence-electron chi connectivity index (χ4n) is 3.51. The Kier molecular flexibility index (Phi) is 4.23. The summed E-state index contributed by atoms with van der Waals surface area (Å²) in [5.74, 6) is 0. The summed E-state index contributed by atoms with van der Waals surface area (Å²) in [6, 6.07) is 0.857. The summed E-state index contributed by atoms with van der Waals surface area (Å²) in [6.07, 6.45) is 5.51. The van der Waals surface area contributed by atoms with Crippen molar-refractivity contribution in [1.29, 1.82) is 0 Å². The van der Waals surface area contributed by atoms with Gasteiger partial charge in [-0.25, -0.2) is 4.79 Å². The van der Waals surface area contributed by atoms with Gasteiger partial charge in [0.05, 0.1) is 6.54 Å². The highest BCUT2D eigenvalue weighted by atomic mass is 16.6. The predicted molar refractivity (Wildman–Crippen MR) is 73.2 cm³/mol. The van der Waals surface area contributed by atoms with E-state index in [1.165, 1.54) is 38.8 Å². The largest absolute Gasteiger partial charge is 0.448 e. The van der Waals surface area contributed by atoms with E-state index in [4.69, 9.17) is 4.74 Å². The number of nitrogens with zero attached hydrogens (tertiary/aromatic N) is 3. The fourth-order valence-corrected chi connectivity index (χ4v) is 3.51. The minimum atomic E-state index is -0.135. The van der Waals surface area contributed by atoms with Crippen LogP contribution in [0.2, 0.25) is 0 Å². The average molecular weight is 267 g/mol. The van der Waals surface area contributed by atoms with Gasteiger partial charge in [0.2, 0.25) is 0 Å². The van der Waals surface area contributed by atoms with Crippen molar-refractivity contribution in [2.24, 2.45) is 0 Å². The Morgan fingerprint density at radius 2 is 1.74 bits per heavy atom. The smallest absolute Gasteiger partial charge is 0.409 e. The summed E-state index contributed by atoms with van der Waals surface area (Å²) in [5, 5.41) is 0. The van der Waals surface area contributed by atoms with Crippen molar-refractivity contribution < 1.29 is 9.53 Å². The number of cyclic esters (lactones) is 1. The number of hydrogen-bond acceptors (Lipinski definition) is 4. The molecule has 0 aromatic heterocycles. The molecule has 1 aliphatic carbocycles. The molecule has 1 amide bonds. The first-order chi connectivity index (χ1) is 9.33. The van der Waals surface area contributed by atoms with Crippen LogP contribution in [-0.4, -0.2) is 79.3 Å². The Labute approximate surface area is 115 Å². The molecular formula is C14H25N3O2. The van der Waals surface area contributed by atoms with Gasteiger partial charge in [-0.15, -0.1) is 0 Å². The maximum Gasteiger partial charge on any atom is 0.409 e. The number of ether oxygens (including phenoxy) is 1. The zero-order valence-corrected chi connectivity index (χ0v) is 11.7. The lowest BCUT2D eigenvalue weighted by Crippen LogP contribution is -2.51. The lowest BCUT2D eigenvalue weighted by atomic mass is 10.2. The summed E-state index contributed by atoms with van der Waals surface area (Å²) in [6.45, 7) is 7.86. The van der Waals surface area contributed by atoms with Crippen molar-refractivity contribution in [3.8, 4) is 0 Å². The maximum atomic E-state index is 11.3. The molecule has 0 radical (unpaired) electrons. The second-order valence-electron chi connectivity index (χ2n) is 5.92. The molecule has 3 rings (SSSR count). The first-order valence-corrected chi connectivity index (χ1v) is 7.71. The van der Waals surface area contributed by atoms with Crippen LogP contribution >= 0.6 is 0 Å². The summed E-state index contributed by atoms with van der Waals surface area (Å²) in [4.78, 5) is 18.3. The molecule has 5 nitrogen and oxygen atoms in total. The van der Waals surface area contributed by atoms with E-state index in [1.54, 1.807) is 0 Å². The van der Waals surface area contributed by atoms with Crippen LogP contribution < -0.4 is 0 Å². The van der Waals surface area contributed by atoms with Gasteiger partial charge in [0, 0.05) is 45.3 Å². The van der Waals surface area contributed by atoms with Gasteiger partial charge in [0.15, 0.2) is 0 Å². The maximum absolute atomic E-state index is 11.3. The van der Waals surface area contributed by atoms with Crippen molar-refractivity contribution >= 4 is 6.09 Å². The van der Waals surface area contributed by atoms with E-state index in [1.807, 2.05) is 4.90 Å². The zero-order valence-electron chi connectivity index (χ0n) is 11.7. The second kappa shape index (κ2) is 6.09. The van der Waals surface area contributed by atoms with Gasteiger partial charge < -0.3 is 9.64 Å². The number of carbonyl (C=O) groups excluding carboxylic acids is 1. The summed E-state index contributed by atoms with van der Waals surface area (Å²) in [7, 11) is 0. The Morgan fingerprint density at radius 3 is 2.37 bits per heavy atom. The number of hydrogen-bond donors (Lipinski definition) is 0. The second-order valence-corrected chi connectivity index (χ2v) is 5.92. The van der Waals surface area contributed by atoms with Gasteiger partial charge in [0.1, 0.15) is 6.61 Å². The van der Waals surface area contributed by atoms with Gasteiger partial charge >= 0.3 is 6.09 Å². The van der Waals surface area contributed by atoms with Crippen molar-refractivity contribution in [3.63, 3.8) is 0 Å². The highest BCUT2D eigenvalue weighted by molar-refractivity contribution is 5.69. The Balaban J connectivity index is 1.37. The molecule has 2 aliphatic heterocycles. The van der Waals surface area contributed by atoms with Gasteiger partial charge in [-0.05, 0) is 12.8 Å². The predicted octanol–water partition coefficient (Wildman–Crippen LogP) is 0.999. The number of rotatable bonds is 4. The van der Waals surface area contributed by atoms with Crippen molar-refractivity contribution in [3.05, 3.63) is 0 Å². The van der Waals surface area contributed by atoms with E-state index in [-0.39, 0.29) is 6.09 Å². The van der Waals surface area contributed by atoms with Crippen LogP contribution in [0.4, 0.5) is 4.79 Å². The molecule has 0 bridgehead atoms. The van der Waals surface area contributed by atoms with Crippen molar-refractivity contribution in [2.75, 3.05) is 52.4 Å². The Bertz CT molecular complexity index is 310. The minimum Gasteiger partial charge on any atom is -0.448 e. The fraction of sp³-hybridized carbons (Fsp3) is 0.929. The molecule has 108 valence electrons. The molecule has 2 saturated heterocycles. The number of amides is 1. The molecule has 0 aromatic carbocycles.